The van der Waals surface area contributed by atoms with Crippen LogP contribution in [0.3, 0.4) is 0 Å². The summed E-state index contributed by atoms with van der Waals surface area (Å²) in [6, 6.07) is 3.40. The predicted molar refractivity (Wildman–Crippen MR) is 131 cm³/mol. The molecule has 1 aliphatic heterocycles. The highest BCUT2D eigenvalue weighted by atomic mass is 127. The zero-order valence-electron chi connectivity index (χ0n) is 19.2. The molecule has 0 saturated carbocycles. The maximum absolute atomic E-state index is 12.4. The number of ether oxygens (including phenoxy) is 1. The Balaban J connectivity index is 0.00000480. The first-order valence-electron chi connectivity index (χ1n) is 10.6. The molecule has 9 nitrogen and oxygen atoms in total. The molecule has 2 amide bonds. The van der Waals surface area contributed by atoms with Gasteiger partial charge < -0.3 is 29.2 Å². The SMILES string of the molecule is CCNC(=NCCN(CC)C(=O)OC(C)(C)C)N1CCN(C(=O)c2ccco2)CC1.I. The number of halogens is 1. The van der Waals surface area contributed by atoms with Gasteiger partial charge in [-0.25, -0.2) is 4.79 Å². The van der Waals surface area contributed by atoms with Gasteiger partial charge in [-0.3, -0.25) is 9.79 Å². The van der Waals surface area contributed by atoms with Crippen molar-refractivity contribution in [1.82, 2.24) is 20.0 Å². The summed E-state index contributed by atoms with van der Waals surface area (Å²) in [7, 11) is 0. The molecule has 1 saturated heterocycles. The van der Waals surface area contributed by atoms with E-state index in [1.807, 2.05) is 34.6 Å². The molecular weight excluding hydrogens is 513 g/mol. The Kier molecular flexibility index (Phi) is 11.1. The molecule has 1 aromatic heterocycles. The van der Waals surface area contributed by atoms with Crippen LogP contribution in [-0.2, 0) is 4.74 Å². The fourth-order valence-corrected chi connectivity index (χ4v) is 3.08. The number of nitrogens with one attached hydrogen (secondary N) is 1. The number of furan rings is 1. The molecule has 176 valence electrons. The third kappa shape index (κ3) is 8.58. The molecule has 2 rings (SSSR count). The van der Waals surface area contributed by atoms with Gasteiger partial charge in [-0.15, -0.1) is 24.0 Å². The van der Waals surface area contributed by atoms with Crippen molar-refractivity contribution >= 4 is 41.9 Å². The second kappa shape index (κ2) is 12.8. The predicted octanol–water partition coefficient (Wildman–Crippen LogP) is 2.88. The Morgan fingerprint density at radius 2 is 1.84 bits per heavy atom. The highest BCUT2D eigenvalue weighted by molar-refractivity contribution is 14.0. The number of guanidine groups is 1. The lowest BCUT2D eigenvalue weighted by molar-refractivity contribution is 0.0266. The molecule has 1 N–H and O–H groups in total. The maximum Gasteiger partial charge on any atom is 0.410 e. The summed E-state index contributed by atoms with van der Waals surface area (Å²) in [5.41, 5.74) is -0.518. The monoisotopic (exact) mass is 549 g/mol. The molecule has 0 atom stereocenters. The van der Waals surface area contributed by atoms with Crippen LogP contribution in [0.2, 0.25) is 0 Å². The number of nitrogens with zero attached hydrogens (tertiary/aromatic N) is 4. The third-order valence-corrected chi connectivity index (χ3v) is 4.60. The van der Waals surface area contributed by atoms with Crippen molar-refractivity contribution < 1.29 is 18.7 Å². The number of amides is 2. The first kappa shape index (κ1) is 27.1. The molecule has 0 radical (unpaired) electrons. The van der Waals surface area contributed by atoms with E-state index in [1.54, 1.807) is 21.9 Å². The van der Waals surface area contributed by atoms with E-state index < -0.39 is 5.60 Å². The number of piperazine rings is 1. The minimum Gasteiger partial charge on any atom is -0.459 e. The van der Waals surface area contributed by atoms with E-state index in [0.717, 1.165) is 12.5 Å². The number of hydrogen-bond acceptors (Lipinski definition) is 5. The number of rotatable bonds is 6. The van der Waals surface area contributed by atoms with Crippen molar-refractivity contribution in [3.63, 3.8) is 0 Å². The summed E-state index contributed by atoms with van der Waals surface area (Å²) in [4.78, 5) is 35.0. The summed E-state index contributed by atoms with van der Waals surface area (Å²) < 4.78 is 10.7. The number of carbonyl (C=O) groups is 2. The minimum absolute atomic E-state index is 0. The van der Waals surface area contributed by atoms with Crippen LogP contribution in [0.5, 0.6) is 0 Å². The standard InChI is InChI=1S/C21H35N5O4.HI/c1-6-22-19(23-10-11-24(7-2)20(28)30-21(3,4)5)26-14-12-25(13-15-26)18(27)17-9-8-16-29-17;/h8-9,16H,6-7,10-15H2,1-5H3,(H,22,23);1H. The Bertz CT molecular complexity index is 710. The Hall–Kier alpha value is -1.98. The first-order chi connectivity index (χ1) is 14.2. The van der Waals surface area contributed by atoms with Crippen LogP contribution < -0.4 is 5.32 Å². The Morgan fingerprint density at radius 3 is 2.35 bits per heavy atom. The van der Waals surface area contributed by atoms with E-state index in [2.05, 4.69) is 15.2 Å². The molecule has 0 spiro atoms. The van der Waals surface area contributed by atoms with E-state index in [4.69, 9.17) is 9.15 Å². The Labute approximate surface area is 202 Å². The number of carbonyl (C=O) groups excluding carboxylic acids is 2. The highest BCUT2D eigenvalue weighted by Crippen LogP contribution is 2.11. The molecule has 1 fully saturated rings. The largest absolute Gasteiger partial charge is 0.459 e. The van der Waals surface area contributed by atoms with Gasteiger partial charge in [0, 0.05) is 45.8 Å². The van der Waals surface area contributed by atoms with E-state index >= 15 is 0 Å². The van der Waals surface area contributed by atoms with Crippen LogP contribution in [0.15, 0.2) is 27.8 Å². The second-order valence-electron chi connectivity index (χ2n) is 8.05. The normalized spacial score (nSPS) is 14.7. The van der Waals surface area contributed by atoms with E-state index in [9.17, 15) is 9.59 Å². The smallest absolute Gasteiger partial charge is 0.410 e. The van der Waals surface area contributed by atoms with Crippen molar-refractivity contribution in [1.29, 1.82) is 0 Å². The average Bonchev–Trinajstić information content (AvgIpc) is 3.23. The van der Waals surface area contributed by atoms with Gasteiger partial charge in [0.05, 0.1) is 12.8 Å². The van der Waals surface area contributed by atoms with Crippen LogP contribution in [0.1, 0.15) is 45.2 Å². The molecule has 1 aliphatic rings. The zero-order valence-corrected chi connectivity index (χ0v) is 21.5. The van der Waals surface area contributed by atoms with Gasteiger partial charge in [0.15, 0.2) is 11.7 Å². The fraction of sp³-hybridized carbons (Fsp3) is 0.667. The minimum atomic E-state index is -0.518. The van der Waals surface area contributed by atoms with Gasteiger partial charge in [0.25, 0.3) is 5.91 Å². The van der Waals surface area contributed by atoms with Gasteiger partial charge in [-0.1, -0.05) is 0 Å². The van der Waals surface area contributed by atoms with E-state index in [0.29, 0.717) is 51.6 Å². The summed E-state index contributed by atoms with van der Waals surface area (Å²) in [5.74, 6) is 1.08. The maximum atomic E-state index is 12.4. The van der Waals surface area contributed by atoms with Crippen molar-refractivity contribution in [3.05, 3.63) is 24.2 Å². The summed E-state index contributed by atoms with van der Waals surface area (Å²) in [5, 5.41) is 3.30. The van der Waals surface area contributed by atoms with Gasteiger partial charge in [0.1, 0.15) is 5.60 Å². The number of hydrogen-bond donors (Lipinski definition) is 1. The zero-order chi connectivity index (χ0) is 22.1. The second-order valence-corrected chi connectivity index (χ2v) is 8.05. The molecule has 0 aromatic carbocycles. The Morgan fingerprint density at radius 1 is 1.19 bits per heavy atom. The lowest BCUT2D eigenvalue weighted by Crippen LogP contribution is -2.53. The highest BCUT2D eigenvalue weighted by Gasteiger charge is 2.25. The van der Waals surface area contributed by atoms with Crippen LogP contribution in [-0.4, -0.2) is 90.6 Å². The van der Waals surface area contributed by atoms with Crippen molar-refractivity contribution in [2.24, 2.45) is 4.99 Å². The van der Waals surface area contributed by atoms with Crippen molar-refractivity contribution in [2.75, 3.05) is 52.4 Å². The fourth-order valence-electron chi connectivity index (χ4n) is 3.08. The number of aliphatic imine (C=N–C) groups is 1. The van der Waals surface area contributed by atoms with Crippen LogP contribution in [0.25, 0.3) is 0 Å². The van der Waals surface area contributed by atoms with Crippen molar-refractivity contribution in [3.8, 4) is 0 Å². The molecule has 0 aliphatic carbocycles. The lowest BCUT2D eigenvalue weighted by Gasteiger charge is -2.36. The van der Waals surface area contributed by atoms with Crippen molar-refractivity contribution in [2.45, 2.75) is 40.2 Å². The van der Waals surface area contributed by atoms with Gasteiger partial charge in [0.2, 0.25) is 0 Å². The molecule has 31 heavy (non-hydrogen) atoms. The molecule has 2 heterocycles. The lowest BCUT2D eigenvalue weighted by atomic mass is 10.2. The molecular formula is C21H36IN5O4. The van der Waals surface area contributed by atoms with E-state index in [1.165, 1.54) is 6.26 Å². The van der Waals surface area contributed by atoms with Crippen LogP contribution >= 0.6 is 24.0 Å². The van der Waals surface area contributed by atoms with Crippen LogP contribution in [0, 0.1) is 0 Å². The van der Waals surface area contributed by atoms with Gasteiger partial charge in [-0.2, -0.15) is 0 Å². The summed E-state index contributed by atoms with van der Waals surface area (Å²) in [6.07, 6.45) is 1.19. The van der Waals surface area contributed by atoms with Gasteiger partial charge >= 0.3 is 6.09 Å². The summed E-state index contributed by atoms with van der Waals surface area (Å²) >= 11 is 0. The number of likely N-dealkylation sites (N-methyl/N-ethyl adjacent to an activating group) is 1. The molecule has 0 bridgehead atoms. The molecule has 10 heteroatoms. The quantitative estimate of drug-likeness (QED) is 0.334. The average molecular weight is 549 g/mol. The first-order valence-corrected chi connectivity index (χ1v) is 10.6. The molecule has 0 unspecified atom stereocenters. The third-order valence-electron chi connectivity index (χ3n) is 4.60. The topological polar surface area (TPSA) is 90.6 Å². The van der Waals surface area contributed by atoms with E-state index in [-0.39, 0.29) is 36.0 Å². The summed E-state index contributed by atoms with van der Waals surface area (Å²) in [6.45, 7) is 14.3. The van der Waals surface area contributed by atoms with Crippen LogP contribution in [0.4, 0.5) is 4.79 Å². The van der Waals surface area contributed by atoms with Gasteiger partial charge in [-0.05, 0) is 46.8 Å². The molecule has 1 aromatic rings.